The van der Waals surface area contributed by atoms with E-state index in [4.69, 9.17) is 0 Å². The summed E-state index contributed by atoms with van der Waals surface area (Å²) in [7, 11) is 2.13. The monoisotopic (exact) mass is 291 g/mol. The number of hydrogen-bond acceptors (Lipinski definition) is 4. The first-order chi connectivity index (χ1) is 10.1. The van der Waals surface area contributed by atoms with E-state index >= 15 is 0 Å². The summed E-state index contributed by atoms with van der Waals surface area (Å²) in [6, 6.07) is 7.29. The molecule has 0 aromatic heterocycles. The first kappa shape index (κ1) is 15.9. The van der Waals surface area contributed by atoms with Crippen molar-refractivity contribution < 1.29 is 4.92 Å². The summed E-state index contributed by atoms with van der Waals surface area (Å²) in [6.07, 6.45) is 3.46. The van der Waals surface area contributed by atoms with Crippen LogP contribution in [0.1, 0.15) is 37.8 Å². The van der Waals surface area contributed by atoms with Gasteiger partial charge in [-0.15, -0.1) is 0 Å². The van der Waals surface area contributed by atoms with Crippen LogP contribution in [0.2, 0.25) is 0 Å². The van der Waals surface area contributed by atoms with E-state index in [9.17, 15) is 10.1 Å². The van der Waals surface area contributed by atoms with Crippen LogP contribution in [-0.4, -0.2) is 36.5 Å². The second-order valence-corrected chi connectivity index (χ2v) is 5.93. The largest absolute Gasteiger partial charge is 0.316 e. The highest BCUT2D eigenvalue weighted by Gasteiger charge is 2.21. The van der Waals surface area contributed by atoms with Crippen LogP contribution >= 0.6 is 0 Å². The molecule has 21 heavy (non-hydrogen) atoms. The Kier molecular flexibility index (Phi) is 5.70. The molecular formula is C16H25N3O2. The van der Waals surface area contributed by atoms with Crippen LogP contribution in [0, 0.1) is 16.0 Å². The Morgan fingerprint density at radius 3 is 2.95 bits per heavy atom. The third-order valence-corrected chi connectivity index (χ3v) is 4.33. The second-order valence-electron chi connectivity index (χ2n) is 5.93. The smallest absolute Gasteiger partial charge is 0.269 e. The first-order valence-electron chi connectivity index (χ1n) is 7.77. The van der Waals surface area contributed by atoms with Crippen LogP contribution in [-0.2, 0) is 0 Å². The lowest BCUT2D eigenvalue weighted by Crippen LogP contribution is -2.38. The summed E-state index contributed by atoms with van der Waals surface area (Å²) in [5.74, 6) is 0.677. The van der Waals surface area contributed by atoms with Crippen LogP contribution in [0.5, 0.6) is 0 Å². The Labute approximate surface area is 126 Å². The van der Waals surface area contributed by atoms with Gasteiger partial charge in [-0.05, 0) is 50.9 Å². The maximum absolute atomic E-state index is 10.9. The SMILES string of the molecule is CCC(c1cccc([N+](=O)[O-])c1)N(C)CC1CCCNC1. The van der Waals surface area contributed by atoms with Gasteiger partial charge >= 0.3 is 0 Å². The Hall–Kier alpha value is -1.46. The number of nitro benzene ring substituents is 1. The Balaban J connectivity index is 2.06. The predicted octanol–water partition coefficient (Wildman–Crippen LogP) is 2.98. The van der Waals surface area contributed by atoms with Crippen LogP contribution in [0.4, 0.5) is 5.69 Å². The van der Waals surface area contributed by atoms with Gasteiger partial charge in [-0.1, -0.05) is 19.1 Å². The van der Waals surface area contributed by atoms with E-state index in [1.165, 1.54) is 12.8 Å². The molecule has 1 N–H and O–H groups in total. The normalized spacial score (nSPS) is 20.4. The molecule has 2 rings (SSSR count). The average molecular weight is 291 g/mol. The molecule has 0 spiro atoms. The van der Waals surface area contributed by atoms with Gasteiger partial charge in [0.2, 0.25) is 0 Å². The topological polar surface area (TPSA) is 58.4 Å². The molecule has 1 fully saturated rings. The zero-order chi connectivity index (χ0) is 15.2. The molecule has 1 aliphatic rings. The van der Waals surface area contributed by atoms with E-state index in [2.05, 4.69) is 24.2 Å². The molecule has 1 saturated heterocycles. The van der Waals surface area contributed by atoms with Gasteiger partial charge in [0.1, 0.15) is 0 Å². The number of hydrogen-bond donors (Lipinski definition) is 1. The number of rotatable bonds is 6. The highest BCUT2D eigenvalue weighted by atomic mass is 16.6. The third-order valence-electron chi connectivity index (χ3n) is 4.33. The van der Waals surface area contributed by atoms with E-state index < -0.39 is 0 Å². The van der Waals surface area contributed by atoms with Gasteiger partial charge in [0, 0.05) is 24.7 Å². The third kappa shape index (κ3) is 4.25. The van der Waals surface area contributed by atoms with Gasteiger partial charge in [0.25, 0.3) is 5.69 Å². The fourth-order valence-electron chi connectivity index (χ4n) is 3.26. The number of piperidine rings is 1. The standard InChI is InChI=1S/C16H25N3O2/c1-3-16(14-7-4-8-15(10-14)19(20)21)18(2)12-13-6-5-9-17-11-13/h4,7-8,10,13,16-17H,3,5-6,9,11-12H2,1-2H3. The van der Waals surface area contributed by atoms with Crippen LogP contribution in [0.25, 0.3) is 0 Å². The number of non-ortho nitro benzene ring substituents is 1. The van der Waals surface area contributed by atoms with Gasteiger partial charge < -0.3 is 5.32 Å². The van der Waals surface area contributed by atoms with E-state index in [0.29, 0.717) is 5.92 Å². The van der Waals surface area contributed by atoms with Crippen molar-refractivity contribution in [1.29, 1.82) is 0 Å². The number of benzene rings is 1. The van der Waals surface area contributed by atoms with Crippen LogP contribution in [0.3, 0.4) is 0 Å². The zero-order valence-corrected chi connectivity index (χ0v) is 12.9. The minimum absolute atomic E-state index is 0.179. The minimum Gasteiger partial charge on any atom is -0.316 e. The molecule has 0 aliphatic carbocycles. The van der Waals surface area contributed by atoms with Crippen molar-refractivity contribution in [2.75, 3.05) is 26.7 Å². The Bertz CT molecular complexity index is 472. The lowest BCUT2D eigenvalue weighted by Gasteiger charge is -2.33. The molecule has 0 amide bonds. The highest BCUT2D eigenvalue weighted by Crippen LogP contribution is 2.27. The molecule has 1 aromatic carbocycles. The van der Waals surface area contributed by atoms with E-state index in [0.717, 1.165) is 31.6 Å². The fourth-order valence-corrected chi connectivity index (χ4v) is 3.26. The van der Waals surface area contributed by atoms with Gasteiger partial charge in [0.05, 0.1) is 4.92 Å². The Morgan fingerprint density at radius 1 is 1.52 bits per heavy atom. The average Bonchev–Trinajstić information content (AvgIpc) is 2.49. The fraction of sp³-hybridized carbons (Fsp3) is 0.625. The van der Waals surface area contributed by atoms with Crippen molar-refractivity contribution in [3.63, 3.8) is 0 Å². The maximum Gasteiger partial charge on any atom is 0.269 e. The van der Waals surface area contributed by atoms with Crippen LogP contribution < -0.4 is 5.32 Å². The molecule has 5 heteroatoms. The summed E-state index contributed by atoms with van der Waals surface area (Å²) >= 11 is 0. The van der Waals surface area contributed by atoms with E-state index in [1.807, 2.05) is 6.07 Å². The molecule has 0 saturated carbocycles. The first-order valence-corrected chi connectivity index (χ1v) is 7.77. The second kappa shape index (κ2) is 7.52. The van der Waals surface area contributed by atoms with Crippen LogP contribution in [0.15, 0.2) is 24.3 Å². The van der Waals surface area contributed by atoms with Gasteiger partial charge in [0.15, 0.2) is 0 Å². The molecule has 1 heterocycles. The lowest BCUT2D eigenvalue weighted by molar-refractivity contribution is -0.385. The molecule has 2 atom stereocenters. The zero-order valence-electron chi connectivity index (χ0n) is 12.9. The van der Waals surface area contributed by atoms with Crippen molar-refractivity contribution in [3.8, 4) is 0 Å². The summed E-state index contributed by atoms with van der Waals surface area (Å²) in [5, 5.41) is 14.4. The summed E-state index contributed by atoms with van der Waals surface area (Å²) in [4.78, 5) is 13.0. The predicted molar refractivity (Wildman–Crippen MR) is 84.4 cm³/mol. The highest BCUT2D eigenvalue weighted by molar-refractivity contribution is 5.35. The lowest BCUT2D eigenvalue weighted by atomic mass is 9.96. The number of nitrogens with zero attached hydrogens (tertiary/aromatic N) is 2. The van der Waals surface area contributed by atoms with Gasteiger partial charge in [-0.2, -0.15) is 0 Å². The molecule has 5 nitrogen and oxygen atoms in total. The van der Waals surface area contributed by atoms with Gasteiger partial charge in [-0.25, -0.2) is 0 Å². The van der Waals surface area contributed by atoms with E-state index in [1.54, 1.807) is 18.2 Å². The summed E-state index contributed by atoms with van der Waals surface area (Å²) in [6.45, 7) is 5.38. The Morgan fingerprint density at radius 2 is 2.33 bits per heavy atom. The molecule has 1 aliphatic heterocycles. The molecular weight excluding hydrogens is 266 g/mol. The minimum atomic E-state index is -0.318. The van der Waals surface area contributed by atoms with Gasteiger partial charge in [-0.3, -0.25) is 15.0 Å². The number of nitrogens with one attached hydrogen (secondary N) is 1. The molecule has 0 bridgehead atoms. The summed E-state index contributed by atoms with van der Waals surface area (Å²) in [5.41, 5.74) is 1.22. The maximum atomic E-state index is 10.9. The van der Waals surface area contributed by atoms with Crippen molar-refractivity contribution >= 4 is 5.69 Å². The number of nitro groups is 1. The molecule has 2 unspecified atom stereocenters. The molecule has 0 radical (unpaired) electrons. The molecule has 1 aromatic rings. The van der Waals surface area contributed by atoms with E-state index in [-0.39, 0.29) is 16.7 Å². The summed E-state index contributed by atoms with van der Waals surface area (Å²) < 4.78 is 0. The van der Waals surface area contributed by atoms with Crippen molar-refractivity contribution in [2.24, 2.45) is 5.92 Å². The van der Waals surface area contributed by atoms with Crippen molar-refractivity contribution in [2.45, 2.75) is 32.2 Å². The van der Waals surface area contributed by atoms with Crippen molar-refractivity contribution in [1.82, 2.24) is 10.2 Å². The molecule has 116 valence electrons. The van der Waals surface area contributed by atoms with Crippen molar-refractivity contribution in [3.05, 3.63) is 39.9 Å². The quantitative estimate of drug-likeness (QED) is 0.646.